The monoisotopic (exact) mass is 206 g/mol. The molecule has 1 aliphatic heterocycles. The van der Waals surface area contributed by atoms with Crippen LogP contribution in [-0.4, -0.2) is 41.8 Å². The van der Waals surface area contributed by atoms with Crippen LogP contribution in [0.3, 0.4) is 0 Å². The third-order valence-corrected chi connectivity index (χ3v) is 5.20. The van der Waals surface area contributed by atoms with E-state index in [1.54, 1.807) is 14.2 Å². The zero-order valence-electron chi connectivity index (χ0n) is 8.70. The number of ether oxygens (including phenoxy) is 2. The molecule has 0 aromatic carbocycles. The van der Waals surface area contributed by atoms with Gasteiger partial charge >= 0.3 is 8.56 Å². The fourth-order valence-electron chi connectivity index (χ4n) is 0.989. The molecule has 0 aromatic heterocycles. The van der Waals surface area contributed by atoms with Crippen LogP contribution in [-0.2, 0) is 18.3 Å². The molecule has 0 radical (unpaired) electrons. The normalized spacial score (nSPS) is 27.7. The first-order chi connectivity index (χ1) is 6.11. The molecule has 4 nitrogen and oxygen atoms in total. The predicted octanol–water partition coefficient (Wildman–Crippen LogP) is 1.11. The molecule has 1 fully saturated rings. The van der Waals surface area contributed by atoms with Crippen molar-refractivity contribution in [2.75, 3.05) is 20.8 Å². The van der Waals surface area contributed by atoms with Gasteiger partial charge < -0.3 is 18.3 Å². The van der Waals surface area contributed by atoms with Crippen LogP contribution in [0.2, 0.25) is 12.6 Å². The van der Waals surface area contributed by atoms with Gasteiger partial charge in [-0.3, -0.25) is 0 Å². The molecule has 1 saturated heterocycles. The average molecular weight is 206 g/mol. The third kappa shape index (κ3) is 3.36. The van der Waals surface area contributed by atoms with Gasteiger partial charge in [-0.05, 0) is 13.5 Å². The standard InChI is InChI=1S/C8H18O4Si/c1-7-8(12-7)11-5-6-13(4,9-2)10-3/h7-8H,5-6H2,1-4H3. The van der Waals surface area contributed by atoms with Crippen molar-refractivity contribution in [3.63, 3.8) is 0 Å². The van der Waals surface area contributed by atoms with Crippen molar-refractivity contribution in [1.82, 2.24) is 0 Å². The van der Waals surface area contributed by atoms with Gasteiger partial charge in [0, 0.05) is 20.3 Å². The van der Waals surface area contributed by atoms with Gasteiger partial charge in [0.2, 0.25) is 0 Å². The van der Waals surface area contributed by atoms with Gasteiger partial charge in [-0.2, -0.15) is 0 Å². The second kappa shape index (κ2) is 4.52. The van der Waals surface area contributed by atoms with Crippen LogP contribution in [0.5, 0.6) is 0 Å². The molecule has 13 heavy (non-hydrogen) atoms. The summed E-state index contributed by atoms with van der Waals surface area (Å²) in [7, 11) is 1.43. The quantitative estimate of drug-likeness (QED) is 0.482. The first-order valence-electron chi connectivity index (χ1n) is 4.48. The molecule has 5 heteroatoms. The Bertz CT molecular complexity index is 160. The first-order valence-corrected chi connectivity index (χ1v) is 7.01. The van der Waals surface area contributed by atoms with E-state index in [-0.39, 0.29) is 12.4 Å². The Labute approximate surface area is 80.4 Å². The summed E-state index contributed by atoms with van der Waals surface area (Å²) in [6.45, 7) is 4.67. The van der Waals surface area contributed by atoms with Crippen molar-refractivity contribution in [3.05, 3.63) is 0 Å². The van der Waals surface area contributed by atoms with Crippen LogP contribution in [0.25, 0.3) is 0 Å². The summed E-state index contributed by atoms with van der Waals surface area (Å²) in [4.78, 5) is 0. The van der Waals surface area contributed by atoms with E-state index in [9.17, 15) is 0 Å². The molecule has 0 spiro atoms. The lowest BCUT2D eigenvalue weighted by Gasteiger charge is -2.22. The maximum absolute atomic E-state index is 5.42. The van der Waals surface area contributed by atoms with Gasteiger partial charge in [-0.1, -0.05) is 0 Å². The van der Waals surface area contributed by atoms with Crippen molar-refractivity contribution >= 4 is 8.56 Å². The summed E-state index contributed by atoms with van der Waals surface area (Å²) in [5, 5.41) is 0. The Kier molecular flexibility index (Phi) is 3.87. The van der Waals surface area contributed by atoms with Crippen molar-refractivity contribution in [3.8, 4) is 0 Å². The highest BCUT2D eigenvalue weighted by Gasteiger charge is 2.36. The van der Waals surface area contributed by atoms with E-state index in [0.29, 0.717) is 6.61 Å². The van der Waals surface area contributed by atoms with E-state index >= 15 is 0 Å². The molecular formula is C8H18O4Si. The molecule has 2 unspecified atom stereocenters. The van der Waals surface area contributed by atoms with Crippen molar-refractivity contribution < 1.29 is 18.3 Å². The molecular weight excluding hydrogens is 188 g/mol. The van der Waals surface area contributed by atoms with E-state index in [1.807, 2.05) is 13.5 Å². The Morgan fingerprint density at radius 3 is 2.23 bits per heavy atom. The van der Waals surface area contributed by atoms with Crippen LogP contribution in [0, 0.1) is 0 Å². The summed E-state index contributed by atoms with van der Waals surface area (Å²) in [6, 6.07) is 0.840. The largest absolute Gasteiger partial charge is 0.398 e. The molecule has 0 amide bonds. The lowest BCUT2D eigenvalue weighted by molar-refractivity contribution is 0.0547. The summed E-state index contributed by atoms with van der Waals surface area (Å²) in [5.41, 5.74) is 0. The summed E-state index contributed by atoms with van der Waals surface area (Å²) in [5.74, 6) is 0. The van der Waals surface area contributed by atoms with Crippen molar-refractivity contribution in [2.24, 2.45) is 0 Å². The summed E-state index contributed by atoms with van der Waals surface area (Å²) in [6.07, 6.45) is 0.268. The smallest absolute Gasteiger partial charge is 0.336 e. The van der Waals surface area contributed by atoms with Crippen LogP contribution in [0.4, 0.5) is 0 Å². The maximum Gasteiger partial charge on any atom is 0.336 e. The Hall–Kier alpha value is 0.0569. The highest BCUT2D eigenvalue weighted by Crippen LogP contribution is 2.23. The zero-order valence-corrected chi connectivity index (χ0v) is 9.70. The Balaban J connectivity index is 2.09. The fourth-order valence-corrected chi connectivity index (χ4v) is 2.05. The van der Waals surface area contributed by atoms with Gasteiger partial charge in [0.05, 0.1) is 6.61 Å². The van der Waals surface area contributed by atoms with Crippen LogP contribution in [0.15, 0.2) is 0 Å². The van der Waals surface area contributed by atoms with E-state index in [1.165, 1.54) is 0 Å². The first kappa shape index (κ1) is 11.1. The molecule has 0 saturated carbocycles. The summed E-state index contributed by atoms with van der Waals surface area (Å²) < 4.78 is 21.2. The molecule has 1 aliphatic rings. The van der Waals surface area contributed by atoms with Gasteiger partial charge in [-0.25, -0.2) is 0 Å². The second-order valence-electron chi connectivity index (χ2n) is 3.37. The fraction of sp³-hybridized carbons (Fsp3) is 1.00. The SMILES string of the molecule is CO[Si](C)(CCOC1OC1C)OC. The number of hydrogen-bond acceptors (Lipinski definition) is 4. The minimum absolute atomic E-state index is 0.00645. The van der Waals surface area contributed by atoms with Gasteiger partial charge in [0.25, 0.3) is 0 Å². The van der Waals surface area contributed by atoms with Gasteiger partial charge in [0.15, 0.2) is 6.29 Å². The molecule has 0 aliphatic carbocycles. The Morgan fingerprint density at radius 1 is 1.31 bits per heavy atom. The number of hydrogen-bond donors (Lipinski definition) is 0. The molecule has 1 heterocycles. The van der Waals surface area contributed by atoms with Crippen molar-refractivity contribution in [1.29, 1.82) is 0 Å². The highest BCUT2D eigenvalue weighted by molar-refractivity contribution is 6.65. The molecule has 1 rings (SSSR count). The van der Waals surface area contributed by atoms with E-state index in [0.717, 1.165) is 6.04 Å². The van der Waals surface area contributed by atoms with Gasteiger partial charge in [0.1, 0.15) is 6.10 Å². The van der Waals surface area contributed by atoms with Crippen LogP contribution < -0.4 is 0 Å². The van der Waals surface area contributed by atoms with Crippen molar-refractivity contribution in [2.45, 2.75) is 31.9 Å². The maximum atomic E-state index is 5.42. The van der Waals surface area contributed by atoms with E-state index in [4.69, 9.17) is 18.3 Å². The molecule has 2 atom stereocenters. The lowest BCUT2D eigenvalue weighted by atomic mass is 10.5. The minimum atomic E-state index is -1.94. The predicted molar refractivity (Wildman–Crippen MR) is 50.7 cm³/mol. The number of epoxide rings is 1. The second-order valence-corrected chi connectivity index (χ2v) is 6.96. The lowest BCUT2D eigenvalue weighted by Crippen LogP contribution is -2.37. The molecule has 0 N–H and O–H groups in total. The topological polar surface area (TPSA) is 40.2 Å². The van der Waals surface area contributed by atoms with Gasteiger partial charge in [-0.15, -0.1) is 0 Å². The van der Waals surface area contributed by atoms with Crippen LogP contribution >= 0.6 is 0 Å². The molecule has 78 valence electrons. The Morgan fingerprint density at radius 2 is 1.85 bits per heavy atom. The average Bonchev–Trinajstić information content (AvgIpc) is 2.82. The molecule has 0 bridgehead atoms. The minimum Gasteiger partial charge on any atom is -0.398 e. The molecule has 0 aromatic rings. The van der Waals surface area contributed by atoms with E-state index in [2.05, 4.69) is 0 Å². The zero-order chi connectivity index (χ0) is 9.90. The summed E-state index contributed by atoms with van der Waals surface area (Å²) >= 11 is 0. The van der Waals surface area contributed by atoms with E-state index < -0.39 is 8.56 Å². The number of rotatable bonds is 6. The van der Waals surface area contributed by atoms with Crippen LogP contribution in [0.1, 0.15) is 6.92 Å². The third-order valence-electron chi connectivity index (χ3n) is 2.36. The highest BCUT2D eigenvalue weighted by atomic mass is 28.4.